The van der Waals surface area contributed by atoms with Gasteiger partial charge in [0, 0.05) is 25.3 Å². The number of piperidine rings is 1. The molecule has 1 fully saturated rings. The van der Waals surface area contributed by atoms with Gasteiger partial charge in [-0.2, -0.15) is 0 Å². The Kier molecular flexibility index (Phi) is 7.37. The van der Waals surface area contributed by atoms with Crippen LogP contribution in [0.3, 0.4) is 0 Å². The predicted octanol–water partition coefficient (Wildman–Crippen LogP) is 3.32. The Morgan fingerprint density at radius 3 is 2.13 bits per heavy atom. The van der Waals surface area contributed by atoms with Crippen molar-refractivity contribution in [2.75, 3.05) is 35.1 Å². The van der Waals surface area contributed by atoms with Gasteiger partial charge in [-0.3, -0.25) is 9.10 Å². The predicted molar refractivity (Wildman–Crippen MR) is 122 cm³/mol. The normalized spacial score (nSPS) is 14.4. The van der Waals surface area contributed by atoms with Crippen LogP contribution in [0.25, 0.3) is 0 Å². The Morgan fingerprint density at radius 1 is 0.967 bits per heavy atom. The summed E-state index contributed by atoms with van der Waals surface area (Å²) in [6.45, 7) is 4.35. The lowest BCUT2D eigenvalue weighted by molar-refractivity contribution is -0.119. The first-order chi connectivity index (χ1) is 14.4. The molecule has 1 aliphatic heterocycles. The molecule has 7 heteroatoms. The Labute approximate surface area is 179 Å². The van der Waals surface area contributed by atoms with E-state index in [1.54, 1.807) is 12.1 Å². The second-order valence-electron chi connectivity index (χ2n) is 7.78. The van der Waals surface area contributed by atoms with Gasteiger partial charge in [0.2, 0.25) is 15.9 Å². The maximum absolute atomic E-state index is 12.5. The summed E-state index contributed by atoms with van der Waals surface area (Å²) < 4.78 is 25.6. The number of nitrogens with zero attached hydrogens (tertiary/aromatic N) is 2. The van der Waals surface area contributed by atoms with Crippen LogP contribution in [0.1, 0.15) is 37.3 Å². The van der Waals surface area contributed by atoms with Gasteiger partial charge < -0.3 is 10.2 Å². The number of nitrogens with one attached hydrogen (secondary N) is 1. The van der Waals surface area contributed by atoms with Gasteiger partial charge in [-0.15, -0.1) is 0 Å². The molecule has 0 aromatic heterocycles. The summed E-state index contributed by atoms with van der Waals surface area (Å²) in [4.78, 5) is 14.8. The summed E-state index contributed by atoms with van der Waals surface area (Å²) in [5, 5.41) is 2.83. The fourth-order valence-corrected chi connectivity index (χ4v) is 4.52. The zero-order valence-corrected chi connectivity index (χ0v) is 18.6. The Balaban J connectivity index is 1.58. The number of hydrogen-bond acceptors (Lipinski definition) is 4. The zero-order valence-electron chi connectivity index (χ0n) is 17.8. The van der Waals surface area contributed by atoms with E-state index in [4.69, 9.17) is 0 Å². The molecule has 0 radical (unpaired) electrons. The first-order valence-corrected chi connectivity index (χ1v) is 12.4. The number of rotatable bonds is 8. The maximum Gasteiger partial charge on any atom is 0.241 e. The standard InChI is InChI=1S/C23H31N3O3S/c1-3-19-7-13-22(14-8-19)26(30(2,28)29)18-23(27)24-17-20-9-11-21(12-10-20)25-15-5-4-6-16-25/h7-14H,3-6,15-18H2,1-2H3,(H,24,27). The monoisotopic (exact) mass is 429 g/mol. The molecular formula is C23H31N3O3S. The number of benzene rings is 2. The fraction of sp³-hybridized carbons (Fsp3) is 0.435. The van der Waals surface area contributed by atoms with Crippen LogP contribution in [0.4, 0.5) is 11.4 Å². The number of sulfonamides is 1. The lowest BCUT2D eigenvalue weighted by atomic mass is 10.1. The van der Waals surface area contributed by atoms with Crippen molar-refractivity contribution >= 4 is 27.3 Å². The van der Waals surface area contributed by atoms with E-state index in [0.717, 1.165) is 41.2 Å². The highest BCUT2D eigenvalue weighted by Crippen LogP contribution is 2.21. The third kappa shape index (κ3) is 5.98. The topological polar surface area (TPSA) is 69.7 Å². The number of anilines is 2. The van der Waals surface area contributed by atoms with Crippen molar-refractivity contribution in [1.82, 2.24) is 5.32 Å². The van der Waals surface area contributed by atoms with E-state index >= 15 is 0 Å². The maximum atomic E-state index is 12.5. The molecule has 6 nitrogen and oxygen atoms in total. The molecule has 1 aliphatic rings. The average molecular weight is 430 g/mol. The molecule has 30 heavy (non-hydrogen) atoms. The minimum absolute atomic E-state index is 0.240. The van der Waals surface area contributed by atoms with Gasteiger partial charge in [0.25, 0.3) is 0 Å². The van der Waals surface area contributed by atoms with Crippen molar-refractivity contribution in [2.45, 2.75) is 39.2 Å². The molecule has 0 atom stereocenters. The molecule has 0 unspecified atom stereocenters. The lowest BCUT2D eigenvalue weighted by Gasteiger charge is -2.28. The minimum Gasteiger partial charge on any atom is -0.372 e. The number of carbonyl (C=O) groups is 1. The van der Waals surface area contributed by atoms with E-state index in [-0.39, 0.29) is 12.5 Å². The van der Waals surface area contributed by atoms with Crippen LogP contribution >= 0.6 is 0 Å². The number of amides is 1. The summed E-state index contributed by atoms with van der Waals surface area (Å²) in [5.41, 5.74) is 3.81. The molecule has 1 N–H and O–H groups in total. The third-order valence-corrected chi connectivity index (χ3v) is 6.61. The molecule has 2 aromatic rings. The van der Waals surface area contributed by atoms with Crippen molar-refractivity contribution < 1.29 is 13.2 Å². The molecule has 3 rings (SSSR count). The lowest BCUT2D eigenvalue weighted by Crippen LogP contribution is -2.40. The smallest absolute Gasteiger partial charge is 0.241 e. The van der Waals surface area contributed by atoms with Crippen LogP contribution in [0.15, 0.2) is 48.5 Å². The van der Waals surface area contributed by atoms with Gasteiger partial charge in [-0.25, -0.2) is 8.42 Å². The Hall–Kier alpha value is -2.54. The van der Waals surface area contributed by atoms with Gasteiger partial charge in [0.1, 0.15) is 6.54 Å². The molecular weight excluding hydrogens is 398 g/mol. The molecule has 0 saturated carbocycles. The van der Waals surface area contributed by atoms with Crippen LogP contribution in [0.5, 0.6) is 0 Å². The van der Waals surface area contributed by atoms with E-state index in [2.05, 4.69) is 22.3 Å². The SMILES string of the molecule is CCc1ccc(N(CC(=O)NCc2ccc(N3CCCCC3)cc2)S(C)(=O)=O)cc1. The molecule has 0 spiro atoms. The summed E-state index contributed by atoms with van der Waals surface area (Å²) in [5.74, 6) is -0.333. The molecule has 0 bridgehead atoms. The highest BCUT2D eigenvalue weighted by Gasteiger charge is 2.20. The van der Waals surface area contributed by atoms with Gasteiger partial charge >= 0.3 is 0 Å². The molecule has 162 valence electrons. The molecule has 1 amide bonds. The first kappa shape index (κ1) is 22.2. The van der Waals surface area contributed by atoms with E-state index in [1.165, 1.54) is 24.9 Å². The van der Waals surface area contributed by atoms with Gasteiger partial charge in [-0.1, -0.05) is 31.2 Å². The largest absolute Gasteiger partial charge is 0.372 e. The van der Waals surface area contributed by atoms with Gasteiger partial charge in [0.15, 0.2) is 0 Å². The summed E-state index contributed by atoms with van der Waals surface area (Å²) in [6, 6.07) is 15.5. The summed E-state index contributed by atoms with van der Waals surface area (Å²) in [6.07, 6.45) is 5.75. The van der Waals surface area contributed by atoms with Crippen molar-refractivity contribution in [2.24, 2.45) is 0 Å². The van der Waals surface area contributed by atoms with Gasteiger partial charge in [-0.05, 0) is 61.1 Å². The highest BCUT2D eigenvalue weighted by atomic mass is 32.2. The van der Waals surface area contributed by atoms with Gasteiger partial charge in [0.05, 0.1) is 11.9 Å². The van der Waals surface area contributed by atoms with Crippen molar-refractivity contribution in [3.8, 4) is 0 Å². The second-order valence-corrected chi connectivity index (χ2v) is 9.69. The zero-order chi connectivity index (χ0) is 21.6. The Bertz CT molecular complexity index is 935. The molecule has 1 heterocycles. The van der Waals surface area contributed by atoms with Crippen LogP contribution in [0, 0.1) is 0 Å². The average Bonchev–Trinajstić information content (AvgIpc) is 2.76. The number of hydrogen-bond donors (Lipinski definition) is 1. The highest BCUT2D eigenvalue weighted by molar-refractivity contribution is 7.92. The van der Waals surface area contributed by atoms with Crippen molar-refractivity contribution in [3.63, 3.8) is 0 Å². The Morgan fingerprint density at radius 2 is 1.57 bits per heavy atom. The third-order valence-electron chi connectivity index (χ3n) is 5.47. The molecule has 2 aromatic carbocycles. The number of carbonyl (C=O) groups excluding carboxylic acids is 1. The summed E-state index contributed by atoms with van der Waals surface area (Å²) in [7, 11) is -3.57. The van der Waals surface area contributed by atoms with E-state index < -0.39 is 10.0 Å². The van der Waals surface area contributed by atoms with E-state index in [9.17, 15) is 13.2 Å². The van der Waals surface area contributed by atoms with Crippen molar-refractivity contribution in [1.29, 1.82) is 0 Å². The van der Waals surface area contributed by atoms with Crippen LogP contribution in [0.2, 0.25) is 0 Å². The molecule has 1 saturated heterocycles. The summed E-state index contributed by atoms with van der Waals surface area (Å²) >= 11 is 0. The second kappa shape index (κ2) is 9.98. The quantitative estimate of drug-likeness (QED) is 0.699. The minimum atomic E-state index is -3.57. The van der Waals surface area contributed by atoms with Crippen LogP contribution in [-0.4, -0.2) is 40.2 Å². The van der Waals surface area contributed by atoms with Crippen molar-refractivity contribution in [3.05, 3.63) is 59.7 Å². The van der Waals surface area contributed by atoms with E-state index in [0.29, 0.717) is 12.2 Å². The van der Waals surface area contributed by atoms with Crippen LogP contribution in [-0.2, 0) is 27.8 Å². The first-order valence-electron chi connectivity index (χ1n) is 10.5. The van der Waals surface area contributed by atoms with E-state index in [1.807, 2.05) is 31.2 Å². The molecule has 0 aliphatic carbocycles. The fourth-order valence-electron chi connectivity index (χ4n) is 3.66. The number of aryl methyl sites for hydroxylation is 1. The van der Waals surface area contributed by atoms with Crippen LogP contribution < -0.4 is 14.5 Å².